The van der Waals surface area contributed by atoms with E-state index in [0.29, 0.717) is 18.7 Å². The minimum Gasteiger partial charge on any atom is -0.369 e. The average Bonchev–Trinajstić information content (AvgIpc) is 2.51. The first-order valence-electron chi connectivity index (χ1n) is 6.52. The summed E-state index contributed by atoms with van der Waals surface area (Å²) in [6, 6.07) is 4.68. The number of fused-ring (bicyclic) bond motifs is 1. The molecule has 0 N–H and O–H groups in total. The van der Waals surface area contributed by atoms with Crippen LogP contribution in [0.5, 0.6) is 0 Å². The number of carbonyl (C=O) groups is 1. The summed E-state index contributed by atoms with van der Waals surface area (Å²) in [7, 11) is 1.71. The van der Waals surface area contributed by atoms with Gasteiger partial charge in [-0.2, -0.15) is 11.8 Å². The molecule has 2 rings (SSSR count). The molecule has 104 valence electrons. The minimum absolute atomic E-state index is 0.0393. The van der Waals surface area contributed by atoms with E-state index in [1.807, 2.05) is 11.8 Å². The molecule has 1 aromatic carbocycles. The highest BCUT2D eigenvalue weighted by molar-refractivity contribution is 7.99. The van der Waals surface area contributed by atoms with Crippen molar-refractivity contribution in [2.45, 2.75) is 13.3 Å². The molecule has 0 spiro atoms. The van der Waals surface area contributed by atoms with Crippen molar-refractivity contribution < 1.29 is 9.18 Å². The van der Waals surface area contributed by atoms with Gasteiger partial charge in [0.2, 0.25) is 5.91 Å². The molecule has 0 bridgehead atoms. The van der Waals surface area contributed by atoms with Crippen molar-refractivity contribution >= 4 is 29.0 Å². The summed E-state index contributed by atoms with van der Waals surface area (Å²) >= 11 is 1.87. The number of nitrogens with zero attached hydrogens (tertiary/aromatic N) is 2. The van der Waals surface area contributed by atoms with Gasteiger partial charge >= 0.3 is 0 Å². The van der Waals surface area contributed by atoms with Crippen molar-refractivity contribution in [3.63, 3.8) is 0 Å². The third-order valence-corrected chi connectivity index (χ3v) is 4.20. The summed E-state index contributed by atoms with van der Waals surface area (Å²) in [6.07, 6.45) is 0.476. The number of carbonyl (C=O) groups excluding carboxylic acids is 1. The maximum atomic E-state index is 13.4. The van der Waals surface area contributed by atoms with Gasteiger partial charge in [-0.05, 0) is 24.0 Å². The lowest BCUT2D eigenvalue weighted by Gasteiger charge is -2.25. The predicted octanol–water partition coefficient (Wildman–Crippen LogP) is 2.75. The molecule has 1 heterocycles. The molecule has 5 heteroatoms. The predicted molar refractivity (Wildman–Crippen MR) is 79.6 cm³/mol. The van der Waals surface area contributed by atoms with Crippen molar-refractivity contribution in [3.05, 3.63) is 24.0 Å². The molecule has 0 saturated carbocycles. The third-order valence-electron chi connectivity index (χ3n) is 3.32. The molecule has 1 aromatic rings. The van der Waals surface area contributed by atoms with Gasteiger partial charge in [-0.25, -0.2) is 4.39 Å². The van der Waals surface area contributed by atoms with Crippen LogP contribution in [0, 0.1) is 5.82 Å². The van der Waals surface area contributed by atoms with Gasteiger partial charge in [0.1, 0.15) is 5.82 Å². The van der Waals surface area contributed by atoms with Crippen LogP contribution in [-0.2, 0) is 4.79 Å². The monoisotopic (exact) mass is 282 g/mol. The lowest BCUT2D eigenvalue weighted by molar-refractivity contribution is -0.118. The second-order valence-corrected chi connectivity index (χ2v) is 5.91. The second kappa shape index (κ2) is 6.28. The quantitative estimate of drug-likeness (QED) is 0.793. The van der Waals surface area contributed by atoms with Crippen LogP contribution in [0.25, 0.3) is 0 Å². The normalized spacial score (nSPS) is 15.4. The largest absolute Gasteiger partial charge is 0.369 e. The van der Waals surface area contributed by atoms with Gasteiger partial charge in [0, 0.05) is 32.3 Å². The lowest BCUT2D eigenvalue weighted by Crippen LogP contribution is -2.27. The number of thioether (sulfide) groups is 1. The zero-order valence-electron chi connectivity index (χ0n) is 11.4. The van der Waals surface area contributed by atoms with Crippen molar-refractivity contribution in [2.75, 3.05) is 41.4 Å². The molecule has 3 nitrogen and oxygen atoms in total. The molecule has 1 aliphatic rings. The Balaban J connectivity index is 2.28. The zero-order valence-corrected chi connectivity index (χ0v) is 12.2. The summed E-state index contributed by atoms with van der Waals surface area (Å²) in [6.45, 7) is 3.72. The summed E-state index contributed by atoms with van der Waals surface area (Å²) in [4.78, 5) is 15.7. The average molecular weight is 282 g/mol. The van der Waals surface area contributed by atoms with Crippen LogP contribution < -0.4 is 9.80 Å². The topological polar surface area (TPSA) is 23.6 Å². The molecule has 0 saturated heterocycles. The fraction of sp³-hybridized carbons (Fsp3) is 0.500. The summed E-state index contributed by atoms with van der Waals surface area (Å²) in [5.74, 6) is 1.84. The van der Waals surface area contributed by atoms with E-state index in [1.165, 1.54) is 12.1 Å². The van der Waals surface area contributed by atoms with E-state index in [0.717, 1.165) is 23.7 Å². The molecular weight excluding hydrogens is 263 g/mol. The first kappa shape index (κ1) is 14.2. The first-order chi connectivity index (χ1) is 9.13. The smallest absolute Gasteiger partial charge is 0.228 e. The Morgan fingerprint density at radius 2 is 2.16 bits per heavy atom. The molecule has 0 aromatic heterocycles. The van der Waals surface area contributed by atoms with Gasteiger partial charge in [0.05, 0.1) is 11.4 Å². The minimum atomic E-state index is -0.303. The number of hydrogen-bond acceptors (Lipinski definition) is 3. The Labute approximate surface area is 117 Å². The van der Waals surface area contributed by atoms with Crippen LogP contribution in [0.15, 0.2) is 18.2 Å². The maximum Gasteiger partial charge on any atom is 0.228 e. The Hall–Kier alpha value is -1.23. The first-order valence-corrected chi connectivity index (χ1v) is 7.67. The third kappa shape index (κ3) is 3.21. The van der Waals surface area contributed by atoms with E-state index in [4.69, 9.17) is 0 Å². The maximum absolute atomic E-state index is 13.4. The summed E-state index contributed by atoms with van der Waals surface area (Å²) < 4.78 is 13.4. The van der Waals surface area contributed by atoms with Crippen LogP contribution in [0.3, 0.4) is 0 Å². The highest BCUT2D eigenvalue weighted by atomic mass is 32.2. The molecule has 0 atom stereocenters. The van der Waals surface area contributed by atoms with Crippen molar-refractivity contribution in [1.82, 2.24) is 0 Å². The van der Waals surface area contributed by atoms with Gasteiger partial charge in [0.15, 0.2) is 0 Å². The molecule has 0 unspecified atom stereocenters. The summed E-state index contributed by atoms with van der Waals surface area (Å²) in [5, 5.41) is 0. The molecule has 0 aliphatic carbocycles. The van der Waals surface area contributed by atoms with Crippen molar-refractivity contribution in [2.24, 2.45) is 0 Å². The van der Waals surface area contributed by atoms with Crippen molar-refractivity contribution in [3.8, 4) is 0 Å². The molecule has 1 amide bonds. The Kier molecular flexibility index (Phi) is 4.69. The van der Waals surface area contributed by atoms with E-state index >= 15 is 0 Å². The van der Waals surface area contributed by atoms with E-state index in [9.17, 15) is 9.18 Å². The zero-order chi connectivity index (χ0) is 13.8. The lowest BCUT2D eigenvalue weighted by atomic mass is 10.2. The van der Waals surface area contributed by atoms with Crippen LogP contribution in [-0.4, -0.2) is 37.6 Å². The molecular formula is C14H19FN2OS. The fourth-order valence-corrected chi connectivity index (χ4v) is 2.88. The van der Waals surface area contributed by atoms with Crippen LogP contribution in [0.4, 0.5) is 15.8 Å². The number of hydrogen-bond donors (Lipinski definition) is 0. The highest BCUT2D eigenvalue weighted by Gasteiger charge is 2.23. The van der Waals surface area contributed by atoms with Gasteiger partial charge in [0.25, 0.3) is 0 Å². The Bertz CT molecular complexity index is 467. The van der Waals surface area contributed by atoms with Gasteiger partial charge in [-0.3, -0.25) is 4.79 Å². The van der Waals surface area contributed by atoms with Crippen LogP contribution >= 0.6 is 11.8 Å². The van der Waals surface area contributed by atoms with Crippen LogP contribution in [0.2, 0.25) is 0 Å². The fourth-order valence-electron chi connectivity index (χ4n) is 2.24. The number of amides is 1. The van der Waals surface area contributed by atoms with E-state index < -0.39 is 0 Å². The number of anilines is 2. The SMILES string of the molecule is CCSCCN1CCC(=O)N(C)c2cc(F)ccc21. The number of rotatable bonds is 4. The summed E-state index contributed by atoms with van der Waals surface area (Å²) in [5.41, 5.74) is 1.62. The molecule has 19 heavy (non-hydrogen) atoms. The highest BCUT2D eigenvalue weighted by Crippen LogP contribution is 2.32. The molecule has 0 radical (unpaired) electrons. The van der Waals surface area contributed by atoms with Gasteiger partial charge < -0.3 is 9.80 Å². The molecule has 0 fully saturated rings. The van der Waals surface area contributed by atoms with Crippen LogP contribution in [0.1, 0.15) is 13.3 Å². The second-order valence-electron chi connectivity index (χ2n) is 4.52. The molecule has 1 aliphatic heterocycles. The van der Waals surface area contributed by atoms with E-state index in [1.54, 1.807) is 18.0 Å². The number of benzene rings is 1. The Morgan fingerprint density at radius 1 is 1.37 bits per heavy atom. The van der Waals surface area contributed by atoms with Gasteiger partial charge in [-0.15, -0.1) is 0 Å². The van der Waals surface area contributed by atoms with E-state index in [2.05, 4.69) is 11.8 Å². The van der Waals surface area contributed by atoms with E-state index in [-0.39, 0.29) is 11.7 Å². The Morgan fingerprint density at radius 3 is 2.89 bits per heavy atom. The standard InChI is InChI=1S/C14H19FN2OS/c1-3-19-9-8-17-7-6-14(18)16(2)13-10-11(15)4-5-12(13)17/h4-5,10H,3,6-9H2,1-2H3. The van der Waals surface area contributed by atoms with Gasteiger partial charge in [-0.1, -0.05) is 6.92 Å². The van der Waals surface area contributed by atoms with Crippen molar-refractivity contribution in [1.29, 1.82) is 0 Å². The number of halogens is 1.